The zero-order valence-electron chi connectivity index (χ0n) is 16.1. The summed E-state index contributed by atoms with van der Waals surface area (Å²) in [4.78, 5) is 12.5. The molecule has 0 saturated carbocycles. The van der Waals surface area contributed by atoms with E-state index in [9.17, 15) is 4.79 Å². The highest BCUT2D eigenvalue weighted by molar-refractivity contribution is 7.71. The van der Waals surface area contributed by atoms with Gasteiger partial charge in [0.15, 0.2) is 22.1 Å². The molecule has 0 aliphatic rings. The Hall–Kier alpha value is -2.84. The van der Waals surface area contributed by atoms with E-state index in [1.54, 1.807) is 30.3 Å². The molecule has 0 bridgehead atoms. The summed E-state index contributed by atoms with van der Waals surface area (Å²) >= 11 is 11.0. The lowest BCUT2D eigenvalue weighted by Crippen LogP contribution is -2.24. The van der Waals surface area contributed by atoms with E-state index >= 15 is 0 Å². The molecule has 0 radical (unpaired) electrons. The van der Waals surface area contributed by atoms with Crippen molar-refractivity contribution in [3.63, 3.8) is 0 Å². The van der Waals surface area contributed by atoms with E-state index in [0.29, 0.717) is 45.8 Å². The number of carbonyl (C=O) groups is 1. The van der Waals surface area contributed by atoms with Crippen LogP contribution in [0.1, 0.15) is 28.7 Å². The van der Waals surface area contributed by atoms with Crippen molar-refractivity contribution in [1.82, 2.24) is 20.1 Å². The van der Waals surface area contributed by atoms with Crippen LogP contribution >= 0.6 is 23.8 Å². The molecule has 0 aliphatic carbocycles. The number of methoxy groups -OCH3 is 1. The van der Waals surface area contributed by atoms with E-state index in [-0.39, 0.29) is 12.5 Å². The molecule has 0 spiro atoms. The second-order valence-electron chi connectivity index (χ2n) is 6.15. The maximum absolute atomic E-state index is 12.5. The van der Waals surface area contributed by atoms with Crippen LogP contribution in [0.5, 0.6) is 11.5 Å². The highest BCUT2D eigenvalue weighted by atomic mass is 35.5. The molecule has 2 N–H and O–H groups in total. The summed E-state index contributed by atoms with van der Waals surface area (Å²) in [5.74, 6) is 1.44. The predicted octanol–water partition coefficient (Wildman–Crippen LogP) is 4.13. The molecule has 9 heteroatoms. The van der Waals surface area contributed by atoms with Gasteiger partial charge in [-0.25, -0.2) is 0 Å². The summed E-state index contributed by atoms with van der Waals surface area (Å²) in [7, 11) is 1.53. The first-order valence-electron chi connectivity index (χ1n) is 8.99. The third-order valence-corrected chi connectivity index (χ3v) is 4.86. The summed E-state index contributed by atoms with van der Waals surface area (Å²) in [5, 5.41) is 10.4. The van der Waals surface area contributed by atoms with Crippen molar-refractivity contribution < 1.29 is 14.3 Å². The van der Waals surface area contributed by atoms with Crippen LogP contribution in [0.15, 0.2) is 42.5 Å². The number of aromatic nitrogens is 3. The predicted molar refractivity (Wildman–Crippen MR) is 113 cm³/mol. The Morgan fingerprint density at radius 1 is 1.24 bits per heavy atom. The minimum absolute atomic E-state index is 0.246. The van der Waals surface area contributed by atoms with Crippen molar-refractivity contribution >= 4 is 29.7 Å². The normalized spacial score (nSPS) is 10.6. The van der Waals surface area contributed by atoms with Gasteiger partial charge in [0.2, 0.25) is 0 Å². The second-order valence-corrected chi connectivity index (χ2v) is 6.98. The van der Waals surface area contributed by atoms with Crippen LogP contribution in [-0.4, -0.2) is 27.8 Å². The first-order chi connectivity index (χ1) is 14.0. The molecule has 1 amide bonds. The lowest BCUT2D eigenvalue weighted by atomic mass is 10.2. The molecule has 0 aliphatic heterocycles. The van der Waals surface area contributed by atoms with Crippen LogP contribution in [-0.2, 0) is 19.7 Å². The SMILES string of the molecule is CCn1c(CNC(=O)c2ccc(OCc3ccc(Cl)cc3)c(OC)c2)n[nH]c1=S. The summed E-state index contributed by atoms with van der Waals surface area (Å²) in [6.45, 7) is 3.26. The Morgan fingerprint density at radius 3 is 2.69 bits per heavy atom. The van der Waals surface area contributed by atoms with Crippen LogP contribution in [0, 0.1) is 4.77 Å². The number of rotatable bonds is 8. The summed E-state index contributed by atoms with van der Waals surface area (Å²) in [6, 6.07) is 12.4. The largest absolute Gasteiger partial charge is 0.493 e. The maximum atomic E-state index is 12.5. The van der Waals surface area contributed by atoms with Crippen LogP contribution in [0.3, 0.4) is 0 Å². The minimum Gasteiger partial charge on any atom is -0.493 e. The Morgan fingerprint density at radius 2 is 2.00 bits per heavy atom. The average Bonchev–Trinajstić information content (AvgIpc) is 3.10. The van der Waals surface area contributed by atoms with E-state index in [1.807, 2.05) is 23.6 Å². The molecule has 0 atom stereocenters. The van der Waals surface area contributed by atoms with Crippen molar-refractivity contribution in [3.8, 4) is 11.5 Å². The lowest BCUT2D eigenvalue weighted by molar-refractivity contribution is 0.0949. The monoisotopic (exact) mass is 432 g/mol. The molecule has 3 aromatic rings. The summed E-state index contributed by atoms with van der Waals surface area (Å²) < 4.78 is 13.6. The quantitative estimate of drug-likeness (QED) is 0.523. The third kappa shape index (κ3) is 5.16. The van der Waals surface area contributed by atoms with Gasteiger partial charge in [0.1, 0.15) is 6.61 Å². The molecule has 0 unspecified atom stereocenters. The van der Waals surface area contributed by atoms with Crippen molar-refractivity contribution in [2.75, 3.05) is 7.11 Å². The van der Waals surface area contributed by atoms with Crippen molar-refractivity contribution in [2.24, 2.45) is 0 Å². The topological polar surface area (TPSA) is 81.2 Å². The Bertz CT molecular complexity index is 1050. The van der Waals surface area contributed by atoms with Gasteiger partial charge in [0, 0.05) is 17.1 Å². The number of benzene rings is 2. The van der Waals surface area contributed by atoms with Gasteiger partial charge in [-0.3, -0.25) is 9.89 Å². The summed E-state index contributed by atoms with van der Waals surface area (Å²) in [6.07, 6.45) is 0. The standard InChI is InChI=1S/C20H21ClN4O3S/c1-3-25-18(23-24-20(25)29)11-22-19(26)14-6-9-16(17(10-14)27-2)28-12-13-4-7-15(21)8-5-13/h4-10H,3,11-12H2,1-2H3,(H,22,26)(H,24,29). The zero-order chi connectivity index (χ0) is 20.8. The molecule has 152 valence electrons. The number of halogens is 1. The average molecular weight is 433 g/mol. The van der Waals surface area contributed by atoms with Gasteiger partial charge < -0.3 is 19.4 Å². The van der Waals surface area contributed by atoms with Gasteiger partial charge in [-0.15, -0.1) is 0 Å². The van der Waals surface area contributed by atoms with Gasteiger partial charge in [-0.1, -0.05) is 23.7 Å². The maximum Gasteiger partial charge on any atom is 0.251 e. The van der Waals surface area contributed by atoms with E-state index in [1.165, 1.54) is 7.11 Å². The van der Waals surface area contributed by atoms with Gasteiger partial charge in [-0.2, -0.15) is 5.10 Å². The number of hydrogen-bond donors (Lipinski definition) is 2. The molecule has 0 fully saturated rings. The highest BCUT2D eigenvalue weighted by Gasteiger charge is 2.13. The van der Waals surface area contributed by atoms with Crippen LogP contribution in [0.4, 0.5) is 0 Å². The van der Waals surface area contributed by atoms with Crippen LogP contribution in [0.25, 0.3) is 0 Å². The van der Waals surface area contributed by atoms with Crippen LogP contribution < -0.4 is 14.8 Å². The Labute approximate surface area is 178 Å². The number of hydrogen-bond acceptors (Lipinski definition) is 5. The van der Waals surface area contributed by atoms with Crippen LogP contribution in [0.2, 0.25) is 5.02 Å². The molecule has 7 nitrogen and oxygen atoms in total. The fourth-order valence-electron chi connectivity index (χ4n) is 2.74. The third-order valence-electron chi connectivity index (χ3n) is 4.29. The summed E-state index contributed by atoms with van der Waals surface area (Å²) in [5.41, 5.74) is 1.43. The van der Waals surface area contributed by atoms with E-state index in [2.05, 4.69) is 15.5 Å². The van der Waals surface area contributed by atoms with Crippen molar-refractivity contribution in [1.29, 1.82) is 0 Å². The van der Waals surface area contributed by atoms with Gasteiger partial charge in [0.05, 0.1) is 13.7 Å². The van der Waals surface area contributed by atoms with Gasteiger partial charge in [-0.05, 0) is 55.0 Å². The number of nitrogens with zero attached hydrogens (tertiary/aromatic N) is 2. The fraction of sp³-hybridized carbons (Fsp3) is 0.250. The number of ether oxygens (including phenoxy) is 2. The molecular weight excluding hydrogens is 412 g/mol. The number of amides is 1. The molecule has 0 saturated heterocycles. The number of H-pyrrole nitrogens is 1. The highest BCUT2D eigenvalue weighted by Crippen LogP contribution is 2.29. The Balaban J connectivity index is 1.66. The molecule has 1 aromatic heterocycles. The fourth-order valence-corrected chi connectivity index (χ4v) is 3.15. The van der Waals surface area contributed by atoms with E-state index in [4.69, 9.17) is 33.3 Å². The molecule has 3 rings (SSSR count). The lowest BCUT2D eigenvalue weighted by Gasteiger charge is -2.12. The minimum atomic E-state index is -0.246. The first kappa shape index (κ1) is 20.9. The first-order valence-corrected chi connectivity index (χ1v) is 9.78. The number of carbonyl (C=O) groups excluding carboxylic acids is 1. The van der Waals surface area contributed by atoms with Gasteiger partial charge >= 0.3 is 0 Å². The van der Waals surface area contributed by atoms with E-state index in [0.717, 1.165) is 5.56 Å². The Kier molecular flexibility index (Phi) is 6.90. The number of aromatic amines is 1. The van der Waals surface area contributed by atoms with Crippen molar-refractivity contribution in [2.45, 2.75) is 26.6 Å². The van der Waals surface area contributed by atoms with Gasteiger partial charge in [0.25, 0.3) is 5.91 Å². The molecule has 2 aromatic carbocycles. The second kappa shape index (κ2) is 9.58. The molecular formula is C20H21ClN4O3S. The zero-order valence-corrected chi connectivity index (χ0v) is 17.6. The molecule has 29 heavy (non-hydrogen) atoms. The van der Waals surface area contributed by atoms with E-state index < -0.39 is 0 Å². The molecule has 1 heterocycles. The smallest absolute Gasteiger partial charge is 0.251 e. The number of nitrogens with one attached hydrogen (secondary N) is 2. The van der Waals surface area contributed by atoms with Crippen molar-refractivity contribution in [3.05, 3.63) is 69.2 Å².